The zero-order valence-corrected chi connectivity index (χ0v) is 10.6. The SMILES string of the molecule is CCCCC(C)CCCCCCCC=O. The van der Waals surface area contributed by atoms with Crippen molar-refractivity contribution in [3.63, 3.8) is 0 Å². The Bertz CT molecular complexity index is 131. The van der Waals surface area contributed by atoms with Crippen LogP contribution in [0.1, 0.15) is 78.1 Å². The maximum absolute atomic E-state index is 10.1. The van der Waals surface area contributed by atoms with Gasteiger partial charge in [-0.25, -0.2) is 0 Å². The fourth-order valence-corrected chi connectivity index (χ4v) is 1.95. The van der Waals surface area contributed by atoms with Gasteiger partial charge in [0.25, 0.3) is 0 Å². The number of aldehydes is 1. The second kappa shape index (κ2) is 11.7. The maximum atomic E-state index is 10.1. The number of carbonyl (C=O) groups is 1. The van der Waals surface area contributed by atoms with Crippen LogP contribution in [0.15, 0.2) is 0 Å². The molecule has 1 atom stereocenters. The van der Waals surface area contributed by atoms with E-state index in [0.29, 0.717) is 0 Å². The first-order chi connectivity index (χ1) is 7.31. The van der Waals surface area contributed by atoms with Crippen LogP contribution in [0.2, 0.25) is 0 Å². The first-order valence-electron chi connectivity index (χ1n) is 6.74. The molecule has 1 nitrogen and oxygen atoms in total. The lowest BCUT2D eigenvalue weighted by Crippen LogP contribution is -1.94. The maximum Gasteiger partial charge on any atom is 0.119 e. The van der Waals surface area contributed by atoms with Crippen molar-refractivity contribution in [1.82, 2.24) is 0 Å². The molecule has 0 fully saturated rings. The molecule has 1 unspecified atom stereocenters. The molecule has 0 radical (unpaired) electrons. The van der Waals surface area contributed by atoms with Gasteiger partial charge in [0, 0.05) is 6.42 Å². The van der Waals surface area contributed by atoms with Gasteiger partial charge in [-0.05, 0) is 12.3 Å². The van der Waals surface area contributed by atoms with E-state index in [9.17, 15) is 4.79 Å². The van der Waals surface area contributed by atoms with E-state index in [4.69, 9.17) is 0 Å². The van der Waals surface area contributed by atoms with E-state index in [-0.39, 0.29) is 0 Å². The number of carbonyl (C=O) groups excluding carboxylic acids is 1. The van der Waals surface area contributed by atoms with Crippen LogP contribution in [0.4, 0.5) is 0 Å². The Kier molecular flexibility index (Phi) is 11.5. The third kappa shape index (κ3) is 11.6. The molecule has 0 heterocycles. The molecule has 0 spiro atoms. The van der Waals surface area contributed by atoms with Gasteiger partial charge in [0.05, 0.1) is 0 Å². The molecule has 0 amide bonds. The third-order valence-electron chi connectivity index (χ3n) is 3.07. The molecule has 15 heavy (non-hydrogen) atoms. The molecular formula is C14H28O. The van der Waals surface area contributed by atoms with Crippen LogP contribution >= 0.6 is 0 Å². The summed E-state index contributed by atoms with van der Waals surface area (Å²) in [6, 6.07) is 0. The fraction of sp³-hybridized carbons (Fsp3) is 0.929. The lowest BCUT2D eigenvalue weighted by molar-refractivity contribution is -0.107. The van der Waals surface area contributed by atoms with Gasteiger partial charge in [0.15, 0.2) is 0 Å². The van der Waals surface area contributed by atoms with Gasteiger partial charge in [0.1, 0.15) is 6.29 Å². The summed E-state index contributed by atoms with van der Waals surface area (Å²) in [4.78, 5) is 10.1. The van der Waals surface area contributed by atoms with Gasteiger partial charge >= 0.3 is 0 Å². The first kappa shape index (κ1) is 14.7. The molecule has 0 saturated carbocycles. The Labute approximate surface area is 95.6 Å². The highest BCUT2D eigenvalue weighted by Crippen LogP contribution is 2.16. The summed E-state index contributed by atoms with van der Waals surface area (Å²) >= 11 is 0. The predicted octanol–water partition coefficient (Wildman–Crippen LogP) is 4.74. The largest absolute Gasteiger partial charge is 0.303 e. The highest BCUT2D eigenvalue weighted by Gasteiger charge is 2.00. The predicted molar refractivity (Wildman–Crippen MR) is 67.1 cm³/mol. The molecule has 90 valence electrons. The second-order valence-corrected chi connectivity index (χ2v) is 4.76. The van der Waals surface area contributed by atoms with Crippen molar-refractivity contribution in [3.05, 3.63) is 0 Å². The lowest BCUT2D eigenvalue weighted by atomic mass is 9.97. The van der Waals surface area contributed by atoms with E-state index in [1.807, 2.05) is 0 Å². The molecule has 0 aromatic rings. The molecule has 0 aliphatic rings. The monoisotopic (exact) mass is 212 g/mol. The van der Waals surface area contributed by atoms with Crippen LogP contribution in [0, 0.1) is 5.92 Å². The number of hydrogen-bond donors (Lipinski definition) is 0. The van der Waals surface area contributed by atoms with Gasteiger partial charge in [-0.2, -0.15) is 0 Å². The molecule has 1 heteroatoms. The Balaban J connectivity index is 3.05. The number of unbranched alkanes of at least 4 members (excludes halogenated alkanes) is 6. The smallest absolute Gasteiger partial charge is 0.119 e. The van der Waals surface area contributed by atoms with Gasteiger partial charge in [-0.3, -0.25) is 0 Å². The third-order valence-corrected chi connectivity index (χ3v) is 3.07. The molecule has 0 N–H and O–H groups in total. The van der Waals surface area contributed by atoms with Crippen LogP contribution in [0.5, 0.6) is 0 Å². The summed E-state index contributed by atoms with van der Waals surface area (Å²) in [5.74, 6) is 0.917. The van der Waals surface area contributed by atoms with Crippen LogP contribution < -0.4 is 0 Å². The summed E-state index contributed by atoms with van der Waals surface area (Å²) < 4.78 is 0. The zero-order chi connectivity index (χ0) is 11.4. The Morgan fingerprint density at radius 1 is 0.933 bits per heavy atom. The van der Waals surface area contributed by atoms with E-state index in [1.54, 1.807) is 0 Å². The van der Waals surface area contributed by atoms with E-state index in [0.717, 1.165) is 25.0 Å². The normalized spacial score (nSPS) is 12.7. The standard InChI is InChI=1S/C14H28O/c1-3-4-11-14(2)12-9-7-5-6-8-10-13-15/h13-14H,3-12H2,1-2H3. The zero-order valence-electron chi connectivity index (χ0n) is 10.6. The molecule has 0 aliphatic heterocycles. The first-order valence-corrected chi connectivity index (χ1v) is 6.74. The minimum absolute atomic E-state index is 0.757. The quantitative estimate of drug-likeness (QED) is 0.357. The Morgan fingerprint density at radius 2 is 1.53 bits per heavy atom. The summed E-state index contributed by atoms with van der Waals surface area (Å²) in [6.45, 7) is 4.64. The number of hydrogen-bond acceptors (Lipinski definition) is 1. The van der Waals surface area contributed by atoms with Gasteiger partial charge in [0.2, 0.25) is 0 Å². The van der Waals surface area contributed by atoms with E-state index in [2.05, 4.69) is 13.8 Å². The lowest BCUT2D eigenvalue weighted by Gasteiger charge is -2.09. The Morgan fingerprint density at radius 3 is 2.20 bits per heavy atom. The van der Waals surface area contributed by atoms with Crippen LogP contribution in [0.25, 0.3) is 0 Å². The van der Waals surface area contributed by atoms with Gasteiger partial charge < -0.3 is 4.79 Å². The molecular weight excluding hydrogens is 184 g/mol. The Hall–Kier alpha value is -0.330. The van der Waals surface area contributed by atoms with Crippen LogP contribution in [0.3, 0.4) is 0 Å². The summed E-state index contributed by atoms with van der Waals surface area (Å²) in [7, 11) is 0. The molecule has 0 rings (SSSR count). The fourth-order valence-electron chi connectivity index (χ4n) is 1.95. The van der Waals surface area contributed by atoms with Crippen LogP contribution in [-0.4, -0.2) is 6.29 Å². The molecule has 0 aliphatic carbocycles. The van der Waals surface area contributed by atoms with E-state index in [1.165, 1.54) is 51.4 Å². The van der Waals surface area contributed by atoms with Crippen molar-refractivity contribution in [2.45, 2.75) is 78.1 Å². The highest BCUT2D eigenvalue weighted by atomic mass is 16.1. The van der Waals surface area contributed by atoms with Crippen molar-refractivity contribution in [2.24, 2.45) is 5.92 Å². The van der Waals surface area contributed by atoms with Crippen molar-refractivity contribution < 1.29 is 4.79 Å². The topological polar surface area (TPSA) is 17.1 Å². The van der Waals surface area contributed by atoms with Crippen molar-refractivity contribution >= 4 is 6.29 Å². The van der Waals surface area contributed by atoms with Crippen LogP contribution in [-0.2, 0) is 4.79 Å². The average molecular weight is 212 g/mol. The molecule has 0 aromatic heterocycles. The molecule has 0 aromatic carbocycles. The summed E-state index contributed by atoms with van der Waals surface area (Å²) in [6.07, 6.45) is 13.7. The number of rotatable bonds is 11. The summed E-state index contributed by atoms with van der Waals surface area (Å²) in [5, 5.41) is 0. The van der Waals surface area contributed by atoms with Crippen molar-refractivity contribution in [1.29, 1.82) is 0 Å². The highest BCUT2D eigenvalue weighted by molar-refractivity contribution is 5.48. The van der Waals surface area contributed by atoms with Crippen molar-refractivity contribution in [2.75, 3.05) is 0 Å². The second-order valence-electron chi connectivity index (χ2n) is 4.76. The van der Waals surface area contributed by atoms with E-state index >= 15 is 0 Å². The van der Waals surface area contributed by atoms with Gasteiger partial charge in [-0.1, -0.05) is 65.2 Å². The molecule has 0 bridgehead atoms. The van der Waals surface area contributed by atoms with Crippen molar-refractivity contribution in [3.8, 4) is 0 Å². The van der Waals surface area contributed by atoms with Gasteiger partial charge in [-0.15, -0.1) is 0 Å². The average Bonchev–Trinajstić information content (AvgIpc) is 2.25. The minimum Gasteiger partial charge on any atom is -0.303 e. The summed E-state index contributed by atoms with van der Waals surface area (Å²) in [5.41, 5.74) is 0. The minimum atomic E-state index is 0.757. The molecule has 0 saturated heterocycles. The van der Waals surface area contributed by atoms with E-state index < -0.39 is 0 Å².